The third kappa shape index (κ3) is 5.48. The van der Waals surface area contributed by atoms with E-state index in [9.17, 15) is 9.59 Å². The summed E-state index contributed by atoms with van der Waals surface area (Å²) in [5.41, 5.74) is 12.3. The number of nitrogens with two attached hydrogens (primary N) is 2. The zero-order valence-electron chi connectivity index (χ0n) is 14.5. The highest BCUT2D eigenvalue weighted by Gasteiger charge is 2.08. The molecule has 26 heavy (non-hydrogen) atoms. The number of nitrogens with zero attached hydrogens (tertiary/aromatic N) is 2. The van der Waals surface area contributed by atoms with Crippen molar-refractivity contribution >= 4 is 29.6 Å². The van der Waals surface area contributed by atoms with E-state index < -0.39 is 5.97 Å². The molecule has 0 spiro atoms. The Morgan fingerprint density at radius 3 is 2.15 bits per heavy atom. The Bertz CT molecular complexity index is 834. The van der Waals surface area contributed by atoms with Crippen LogP contribution in [0.1, 0.15) is 15.9 Å². The molecular formula is C19H20N4O3. The number of benzene rings is 2. The number of amides is 1. The smallest absolute Gasteiger partial charge is 0.343 e. The van der Waals surface area contributed by atoms with E-state index in [1.165, 1.54) is 11.0 Å². The molecule has 0 saturated carbocycles. The monoisotopic (exact) mass is 352 g/mol. The first kappa shape index (κ1) is 18.7. The summed E-state index contributed by atoms with van der Waals surface area (Å²) in [4.78, 5) is 29.0. The third-order valence-corrected chi connectivity index (χ3v) is 3.31. The number of aliphatic imine (C=N–C) groups is 1. The van der Waals surface area contributed by atoms with Crippen molar-refractivity contribution < 1.29 is 14.3 Å². The Hall–Kier alpha value is -3.61. The summed E-state index contributed by atoms with van der Waals surface area (Å²) < 4.78 is 5.32. The fraction of sp³-hybridized carbons (Fsp3) is 0.105. The normalized spacial score (nSPS) is 10.4. The molecule has 0 fully saturated rings. The maximum absolute atomic E-state index is 12.2. The van der Waals surface area contributed by atoms with Gasteiger partial charge in [-0.3, -0.25) is 4.79 Å². The van der Waals surface area contributed by atoms with Gasteiger partial charge in [0.15, 0.2) is 5.96 Å². The molecule has 0 aliphatic heterocycles. The Labute approximate surface area is 151 Å². The molecule has 0 atom stereocenters. The maximum Gasteiger partial charge on any atom is 0.343 e. The number of carbonyl (C=O) groups is 2. The number of guanidine groups is 1. The molecule has 0 aromatic heterocycles. The fourth-order valence-electron chi connectivity index (χ4n) is 1.95. The first-order valence-corrected chi connectivity index (χ1v) is 7.76. The van der Waals surface area contributed by atoms with E-state index in [1.54, 1.807) is 68.7 Å². The fourth-order valence-corrected chi connectivity index (χ4v) is 1.95. The molecule has 4 N–H and O–H groups in total. The lowest BCUT2D eigenvalue weighted by Gasteiger charge is -2.06. The van der Waals surface area contributed by atoms with Gasteiger partial charge in [-0.2, -0.15) is 0 Å². The SMILES string of the molecule is CN(C)C(=O)/C=C/c1ccc(OC(=O)c2ccc(N=C(N)N)cc2)cc1. The van der Waals surface area contributed by atoms with Gasteiger partial charge in [0, 0.05) is 20.2 Å². The van der Waals surface area contributed by atoms with E-state index in [2.05, 4.69) is 4.99 Å². The summed E-state index contributed by atoms with van der Waals surface area (Å²) in [5.74, 6) is -0.252. The van der Waals surface area contributed by atoms with Gasteiger partial charge in [0.25, 0.3) is 0 Å². The van der Waals surface area contributed by atoms with Gasteiger partial charge >= 0.3 is 5.97 Å². The van der Waals surface area contributed by atoms with Crippen LogP contribution in [0.5, 0.6) is 5.75 Å². The van der Waals surface area contributed by atoms with Crippen LogP contribution < -0.4 is 16.2 Å². The average molecular weight is 352 g/mol. The van der Waals surface area contributed by atoms with Gasteiger partial charge in [-0.05, 0) is 48.0 Å². The molecule has 2 rings (SSSR count). The van der Waals surface area contributed by atoms with Crippen molar-refractivity contribution in [2.45, 2.75) is 0 Å². The minimum absolute atomic E-state index is 0.0539. The quantitative estimate of drug-likeness (QED) is 0.281. The number of hydrogen-bond acceptors (Lipinski definition) is 4. The topological polar surface area (TPSA) is 111 Å². The Morgan fingerprint density at radius 1 is 1.00 bits per heavy atom. The number of ether oxygens (including phenoxy) is 1. The Morgan fingerprint density at radius 2 is 1.62 bits per heavy atom. The Kier molecular flexibility index (Phi) is 6.10. The van der Waals surface area contributed by atoms with Crippen molar-refractivity contribution in [2.24, 2.45) is 16.5 Å². The van der Waals surface area contributed by atoms with Gasteiger partial charge in [0.1, 0.15) is 5.75 Å². The van der Waals surface area contributed by atoms with Gasteiger partial charge in [-0.1, -0.05) is 12.1 Å². The highest BCUT2D eigenvalue weighted by Crippen LogP contribution is 2.17. The minimum atomic E-state index is -0.493. The number of rotatable bonds is 5. The summed E-state index contributed by atoms with van der Waals surface area (Å²) in [7, 11) is 3.36. The first-order valence-electron chi connectivity index (χ1n) is 7.76. The zero-order valence-corrected chi connectivity index (χ0v) is 14.5. The molecule has 2 aromatic rings. The van der Waals surface area contributed by atoms with E-state index >= 15 is 0 Å². The lowest BCUT2D eigenvalue weighted by atomic mass is 10.2. The molecule has 0 aliphatic rings. The molecule has 2 aromatic carbocycles. The average Bonchev–Trinajstić information content (AvgIpc) is 2.60. The number of carbonyl (C=O) groups excluding carboxylic acids is 2. The zero-order chi connectivity index (χ0) is 19.1. The van der Waals surface area contributed by atoms with Crippen LogP contribution in [0.25, 0.3) is 6.08 Å². The molecule has 0 heterocycles. The van der Waals surface area contributed by atoms with Crippen LogP contribution in [0.15, 0.2) is 59.6 Å². The van der Waals surface area contributed by atoms with Crippen molar-refractivity contribution in [3.05, 3.63) is 65.7 Å². The largest absolute Gasteiger partial charge is 0.423 e. The van der Waals surface area contributed by atoms with Gasteiger partial charge in [-0.15, -0.1) is 0 Å². The first-order chi connectivity index (χ1) is 12.3. The van der Waals surface area contributed by atoms with Gasteiger partial charge in [0.05, 0.1) is 11.3 Å². The summed E-state index contributed by atoms with van der Waals surface area (Å²) in [5, 5.41) is 0. The summed E-state index contributed by atoms with van der Waals surface area (Å²) in [6, 6.07) is 13.2. The molecule has 1 amide bonds. The van der Waals surface area contributed by atoms with E-state index in [0.717, 1.165) is 5.56 Å². The van der Waals surface area contributed by atoms with Crippen LogP contribution in [-0.2, 0) is 4.79 Å². The molecule has 0 aliphatic carbocycles. The molecule has 0 radical (unpaired) electrons. The summed E-state index contributed by atoms with van der Waals surface area (Å²) >= 11 is 0. The summed E-state index contributed by atoms with van der Waals surface area (Å²) in [6.45, 7) is 0. The molecule has 134 valence electrons. The van der Waals surface area contributed by atoms with Crippen molar-refractivity contribution in [1.29, 1.82) is 0 Å². The van der Waals surface area contributed by atoms with E-state index in [1.807, 2.05) is 0 Å². The predicted octanol–water partition coefficient (Wildman–Crippen LogP) is 1.91. The summed E-state index contributed by atoms with van der Waals surface area (Å²) in [6.07, 6.45) is 3.16. The standard InChI is InChI=1S/C19H20N4O3/c1-23(2)17(24)12-5-13-3-10-16(11-4-13)26-18(25)14-6-8-15(9-7-14)22-19(20)21/h3-12H,1-2H3,(H4,20,21,22)/b12-5+. The second-order valence-electron chi connectivity index (χ2n) is 5.61. The van der Waals surface area contributed by atoms with Crippen LogP contribution in [0.4, 0.5) is 5.69 Å². The number of likely N-dealkylation sites (N-methyl/N-ethyl adjacent to an activating group) is 1. The van der Waals surface area contributed by atoms with Crippen LogP contribution in [0.2, 0.25) is 0 Å². The van der Waals surface area contributed by atoms with Crippen LogP contribution in [-0.4, -0.2) is 36.8 Å². The number of esters is 1. The lowest BCUT2D eigenvalue weighted by Crippen LogP contribution is -2.21. The molecule has 7 nitrogen and oxygen atoms in total. The van der Waals surface area contributed by atoms with Crippen molar-refractivity contribution in [1.82, 2.24) is 4.90 Å². The maximum atomic E-state index is 12.2. The van der Waals surface area contributed by atoms with Crippen LogP contribution >= 0.6 is 0 Å². The van der Waals surface area contributed by atoms with Gasteiger partial charge in [0.2, 0.25) is 5.91 Å². The van der Waals surface area contributed by atoms with E-state index in [-0.39, 0.29) is 11.9 Å². The minimum Gasteiger partial charge on any atom is -0.423 e. The van der Waals surface area contributed by atoms with Crippen molar-refractivity contribution in [3.63, 3.8) is 0 Å². The molecule has 7 heteroatoms. The van der Waals surface area contributed by atoms with E-state index in [0.29, 0.717) is 17.0 Å². The molecular weight excluding hydrogens is 332 g/mol. The highest BCUT2D eigenvalue weighted by molar-refractivity contribution is 5.92. The van der Waals surface area contributed by atoms with Crippen molar-refractivity contribution in [2.75, 3.05) is 14.1 Å². The second kappa shape index (κ2) is 8.48. The van der Waals surface area contributed by atoms with Crippen molar-refractivity contribution in [3.8, 4) is 5.75 Å². The van der Waals surface area contributed by atoms with Crippen LogP contribution in [0.3, 0.4) is 0 Å². The van der Waals surface area contributed by atoms with E-state index in [4.69, 9.17) is 16.2 Å². The molecule has 0 unspecified atom stereocenters. The number of hydrogen-bond donors (Lipinski definition) is 2. The highest BCUT2D eigenvalue weighted by atomic mass is 16.5. The Balaban J connectivity index is 2.01. The van der Waals surface area contributed by atoms with Gasteiger partial charge < -0.3 is 21.1 Å². The predicted molar refractivity (Wildman–Crippen MR) is 101 cm³/mol. The molecule has 0 saturated heterocycles. The third-order valence-electron chi connectivity index (χ3n) is 3.31. The van der Waals surface area contributed by atoms with Gasteiger partial charge in [-0.25, -0.2) is 9.79 Å². The lowest BCUT2D eigenvalue weighted by molar-refractivity contribution is -0.123. The van der Waals surface area contributed by atoms with Crippen LogP contribution in [0, 0.1) is 0 Å². The second-order valence-corrected chi connectivity index (χ2v) is 5.61. The molecule has 0 bridgehead atoms.